The molecule has 0 radical (unpaired) electrons. The predicted octanol–water partition coefficient (Wildman–Crippen LogP) is 3.18. The molecule has 2 rings (SSSR count). The third-order valence-corrected chi connectivity index (χ3v) is 3.31. The Morgan fingerprint density at radius 1 is 0.882 bits per heavy atom. The first kappa shape index (κ1) is 12.3. The van der Waals surface area contributed by atoms with Gasteiger partial charge in [-0.25, -0.2) is 0 Å². The van der Waals surface area contributed by atoms with Gasteiger partial charge in [-0.05, 0) is 11.1 Å². The van der Waals surface area contributed by atoms with Crippen molar-refractivity contribution in [3.05, 3.63) is 71.8 Å². The van der Waals surface area contributed by atoms with Crippen LogP contribution in [-0.2, 0) is 5.60 Å². The number of thiol groups is 1. The lowest BCUT2D eigenvalue weighted by molar-refractivity contribution is 0.162. The van der Waals surface area contributed by atoms with Crippen LogP contribution in [0.3, 0.4) is 0 Å². The summed E-state index contributed by atoms with van der Waals surface area (Å²) < 4.78 is 0.245. The molecule has 2 aromatic carbocycles. The number of thiocarbonyl (C=S) groups is 1. The monoisotopic (exact) mass is 260 g/mol. The van der Waals surface area contributed by atoms with E-state index in [1.807, 2.05) is 60.7 Å². The molecule has 0 bridgehead atoms. The van der Waals surface area contributed by atoms with E-state index in [4.69, 9.17) is 12.2 Å². The van der Waals surface area contributed by atoms with Gasteiger partial charge in [0.05, 0.1) is 4.20 Å². The zero-order valence-corrected chi connectivity index (χ0v) is 10.8. The maximum absolute atomic E-state index is 10.8. The topological polar surface area (TPSA) is 20.2 Å². The molecule has 0 fully saturated rings. The minimum atomic E-state index is -1.32. The van der Waals surface area contributed by atoms with Gasteiger partial charge >= 0.3 is 0 Å². The van der Waals surface area contributed by atoms with Crippen molar-refractivity contribution >= 4 is 29.0 Å². The summed E-state index contributed by atoms with van der Waals surface area (Å²) in [5, 5.41) is 10.8. The molecule has 0 aliphatic rings. The lowest BCUT2D eigenvalue weighted by Crippen LogP contribution is -2.32. The van der Waals surface area contributed by atoms with E-state index in [-0.39, 0.29) is 4.20 Å². The van der Waals surface area contributed by atoms with Crippen molar-refractivity contribution in [2.75, 3.05) is 0 Å². The van der Waals surface area contributed by atoms with E-state index in [1.54, 1.807) is 0 Å². The second-order valence-electron chi connectivity index (χ2n) is 3.75. The number of rotatable bonds is 3. The summed E-state index contributed by atoms with van der Waals surface area (Å²) in [6.45, 7) is 0. The molecule has 0 aromatic heterocycles. The molecule has 1 nitrogen and oxygen atoms in total. The van der Waals surface area contributed by atoms with Gasteiger partial charge in [0.1, 0.15) is 0 Å². The van der Waals surface area contributed by atoms with Crippen LogP contribution >= 0.6 is 24.8 Å². The van der Waals surface area contributed by atoms with Crippen LogP contribution in [0.15, 0.2) is 60.7 Å². The Labute approximate surface area is 112 Å². The van der Waals surface area contributed by atoms with Crippen molar-refractivity contribution in [1.82, 2.24) is 0 Å². The maximum Gasteiger partial charge on any atom is 0.156 e. The van der Waals surface area contributed by atoms with Crippen LogP contribution in [-0.4, -0.2) is 9.30 Å². The van der Waals surface area contributed by atoms with E-state index in [0.717, 1.165) is 11.1 Å². The number of aliphatic hydroxyl groups is 1. The van der Waals surface area contributed by atoms with Gasteiger partial charge in [0, 0.05) is 0 Å². The summed E-state index contributed by atoms with van der Waals surface area (Å²) in [6, 6.07) is 18.7. The van der Waals surface area contributed by atoms with Crippen molar-refractivity contribution < 1.29 is 5.11 Å². The lowest BCUT2D eigenvalue weighted by atomic mass is 9.88. The highest BCUT2D eigenvalue weighted by Crippen LogP contribution is 2.32. The van der Waals surface area contributed by atoms with Gasteiger partial charge in [-0.15, -0.1) is 12.6 Å². The summed E-state index contributed by atoms with van der Waals surface area (Å²) in [5.41, 5.74) is 0.137. The van der Waals surface area contributed by atoms with Crippen molar-refractivity contribution in [2.24, 2.45) is 0 Å². The van der Waals surface area contributed by atoms with Gasteiger partial charge in [-0.1, -0.05) is 72.9 Å². The Morgan fingerprint density at radius 2 is 1.24 bits per heavy atom. The van der Waals surface area contributed by atoms with Crippen LogP contribution in [0.5, 0.6) is 0 Å². The first-order valence-corrected chi connectivity index (χ1v) is 6.08. The van der Waals surface area contributed by atoms with Crippen LogP contribution in [0.25, 0.3) is 0 Å². The molecule has 0 atom stereocenters. The van der Waals surface area contributed by atoms with E-state index in [2.05, 4.69) is 12.6 Å². The summed E-state index contributed by atoms with van der Waals surface area (Å²) >= 11 is 9.29. The highest BCUT2D eigenvalue weighted by molar-refractivity contribution is 8.11. The zero-order valence-electron chi connectivity index (χ0n) is 9.08. The smallest absolute Gasteiger partial charge is 0.156 e. The molecule has 0 spiro atoms. The lowest BCUT2D eigenvalue weighted by Gasteiger charge is -2.27. The van der Waals surface area contributed by atoms with Gasteiger partial charge in [-0.3, -0.25) is 0 Å². The quantitative estimate of drug-likeness (QED) is 0.653. The Bertz CT molecular complexity index is 469. The second-order valence-corrected chi connectivity index (χ2v) is 4.91. The first-order valence-electron chi connectivity index (χ1n) is 5.22. The normalized spacial score (nSPS) is 11.2. The SMILES string of the molecule is OC(C(=S)S)(c1ccccc1)c1ccccc1. The Balaban J connectivity index is 2.59. The van der Waals surface area contributed by atoms with Crippen molar-refractivity contribution in [1.29, 1.82) is 0 Å². The Hall–Kier alpha value is -1.16. The van der Waals surface area contributed by atoms with E-state index >= 15 is 0 Å². The average Bonchev–Trinajstić information content (AvgIpc) is 2.39. The summed E-state index contributed by atoms with van der Waals surface area (Å²) in [7, 11) is 0. The van der Waals surface area contributed by atoms with Gasteiger partial charge in [0.15, 0.2) is 5.60 Å². The van der Waals surface area contributed by atoms with Gasteiger partial charge in [0.2, 0.25) is 0 Å². The second kappa shape index (κ2) is 5.00. The highest BCUT2D eigenvalue weighted by Gasteiger charge is 2.34. The van der Waals surface area contributed by atoms with Crippen LogP contribution < -0.4 is 0 Å². The minimum Gasteiger partial charge on any atom is -0.375 e. The summed E-state index contributed by atoms with van der Waals surface area (Å²) in [6.07, 6.45) is 0. The number of benzene rings is 2. The summed E-state index contributed by atoms with van der Waals surface area (Å²) in [4.78, 5) is 0. The Morgan fingerprint density at radius 3 is 1.53 bits per heavy atom. The minimum absolute atomic E-state index is 0.245. The molecule has 17 heavy (non-hydrogen) atoms. The molecule has 0 saturated carbocycles. The molecule has 0 amide bonds. The highest BCUT2D eigenvalue weighted by atomic mass is 32.1. The number of hydrogen-bond donors (Lipinski definition) is 2. The summed E-state index contributed by atoms with van der Waals surface area (Å²) in [5.74, 6) is 0. The zero-order chi connectivity index (χ0) is 12.3. The van der Waals surface area contributed by atoms with Gasteiger partial charge in [0.25, 0.3) is 0 Å². The molecule has 0 heterocycles. The molecule has 1 N–H and O–H groups in total. The van der Waals surface area contributed by atoms with Gasteiger partial charge in [-0.2, -0.15) is 0 Å². The molecule has 2 aromatic rings. The van der Waals surface area contributed by atoms with Crippen LogP contribution in [0.1, 0.15) is 11.1 Å². The molecule has 0 aliphatic carbocycles. The third kappa shape index (κ3) is 2.27. The van der Waals surface area contributed by atoms with Crippen LogP contribution in [0.2, 0.25) is 0 Å². The molecule has 86 valence electrons. The maximum atomic E-state index is 10.8. The fraction of sp³-hybridized carbons (Fsp3) is 0.0714. The molecule has 3 heteroatoms. The van der Waals surface area contributed by atoms with Crippen molar-refractivity contribution in [2.45, 2.75) is 5.60 Å². The van der Waals surface area contributed by atoms with Crippen LogP contribution in [0, 0.1) is 0 Å². The predicted molar refractivity (Wildman–Crippen MR) is 77.5 cm³/mol. The molecular weight excluding hydrogens is 248 g/mol. The van der Waals surface area contributed by atoms with E-state index in [1.165, 1.54) is 0 Å². The first-order chi connectivity index (χ1) is 8.15. The molecule has 0 saturated heterocycles. The fourth-order valence-electron chi connectivity index (χ4n) is 1.77. The van der Waals surface area contributed by atoms with Gasteiger partial charge < -0.3 is 5.11 Å². The van der Waals surface area contributed by atoms with E-state index in [9.17, 15) is 5.11 Å². The fourth-order valence-corrected chi connectivity index (χ4v) is 2.27. The van der Waals surface area contributed by atoms with Crippen LogP contribution in [0.4, 0.5) is 0 Å². The average molecular weight is 260 g/mol. The van der Waals surface area contributed by atoms with Crippen molar-refractivity contribution in [3.8, 4) is 0 Å². The van der Waals surface area contributed by atoms with E-state index in [0.29, 0.717) is 0 Å². The van der Waals surface area contributed by atoms with Crippen molar-refractivity contribution in [3.63, 3.8) is 0 Å². The third-order valence-electron chi connectivity index (χ3n) is 2.69. The molecular formula is C14H12OS2. The number of hydrogen-bond acceptors (Lipinski definition) is 2. The molecule has 0 unspecified atom stereocenters. The standard InChI is InChI=1S/C14H12OS2/c15-14(13(16)17,11-7-3-1-4-8-11)12-9-5-2-6-10-12/h1-10,15H,(H,16,17). The Kier molecular flexibility index (Phi) is 3.62. The largest absolute Gasteiger partial charge is 0.375 e. The molecule has 0 aliphatic heterocycles. The van der Waals surface area contributed by atoms with E-state index < -0.39 is 5.60 Å².